The maximum Gasteiger partial charge on any atom is 0.195 e. The molecule has 5 heteroatoms. The average molecular weight is 209 g/mol. The number of nitrogens with one attached hydrogen (secondary N) is 1. The summed E-state index contributed by atoms with van der Waals surface area (Å²) in [6, 6.07) is 1.87. The Kier molecular flexibility index (Phi) is 2.49. The molecule has 0 saturated heterocycles. The first-order chi connectivity index (χ1) is 6.83. The molecule has 0 amide bonds. The third-order valence-electron chi connectivity index (χ3n) is 1.98. The van der Waals surface area contributed by atoms with Crippen LogP contribution in [0.15, 0.2) is 23.0 Å². The first kappa shape index (κ1) is 9.21. The van der Waals surface area contributed by atoms with E-state index in [-0.39, 0.29) is 0 Å². The van der Waals surface area contributed by atoms with Crippen molar-refractivity contribution in [2.45, 2.75) is 19.9 Å². The molecular weight excluding hydrogens is 198 g/mol. The van der Waals surface area contributed by atoms with Crippen molar-refractivity contribution in [3.8, 4) is 11.4 Å². The van der Waals surface area contributed by atoms with E-state index in [1.165, 1.54) is 0 Å². The van der Waals surface area contributed by atoms with Crippen LogP contribution in [0.5, 0.6) is 0 Å². The van der Waals surface area contributed by atoms with E-state index in [1.807, 2.05) is 10.6 Å². The number of aromatic nitrogens is 3. The second-order valence-electron chi connectivity index (χ2n) is 3.02. The number of aromatic amines is 1. The van der Waals surface area contributed by atoms with Crippen molar-refractivity contribution < 1.29 is 4.42 Å². The molecule has 0 aliphatic carbocycles. The smallest absolute Gasteiger partial charge is 0.195 e. The molecule has 2 rings (SSSR count). The molecular formula is C9H11N3OS. The minimum absolute atomic E-state index is 0.656. The molecule has 0 saturated carbocycles. The Balaban J connectivity index is 2.48. The minimum atomic E-state index is 0.656. The van der Waals surface area contributed by atoms with Gasteiger partial charge >= 0.3 is 0 Å². The van der Waals surface area contributed by atoms with E-state index in [0.29, 0.717) is 4.77 Å². The number of furan rings is 1. The number of nitrogens with zero attached hydrogens (tertiary/aromatic N) is 2. The van der Waals surface area contributed by atoms with Crippen LogP contribution in [0.2, 0.25) is 0 Å². The summed E-state index contributed by atoms with van der Waals surface area (Å²) in [5, 5.41) is 6.95. The Morgan fingerprint density at radius 3 is 3.14 bits per heavy atom. The second kappa shape index (κ2) is 3.79. The van der Waals surface area contributed by atoms with Crippen LogP contribution >= 0.6 is 12.2 Å². The average Bonchev–Trinajstić information content (AvgIpc) is 2.77. The first-order valence-corrected chi connectivity index (χ1v) is 4.91. The van der Waals surface area contributed by atoms with Gasteiger partial charge in [-0.1, -0.05) is 6.92 Å². The van der Waals surface area contributed by atoms with Crippen LogP contribution in [0.25, 0.3) is 11.4 Å². The second-order valence-corrected chi connectivity index (χ2v) is 3.40. The predicted molar refractivity (Wildman–Crippen MR) is 55.4 cm³/mol. The van der Waals surface area contributed by atoms with Gasteiger partial charge in [0.25, 0.3) is 0 Å². The van der Waals surface area contributed by atoms with Crippen molar-refractivity contribution in [2.75, 3.05) is 0 Å². The van der Waals surface area contributed by atoms with Gasteiger partial charge in [-0.2, -0.15) is 5.10 Å². The lowest BCUT2D eigenvalue weighted by atomic mass is 10.3. The van der Waals surface area contributed by atoms with Crippen LogP contribution in [-0.4, -0.2) is 14.8 Å². The normalized spacial score (nSPS) is 10.6. The molecule has 0 fully saturated rings. The zero-order chi connectivity index (χ0) is 9.97. The molecule has 0 atom stereocenters. The van der Waals surface area contributed by atoms with Gasteiger partial charge in [0.2, 0.25) is 0 Å². The third kappa shape index (κ3) is 1.50. The van der Waals surface area contributed by atoms with Gasteiger partial charge in [-0.3, -0.25) is 5.10 Å². The lowest BCUT2D eigenvalue weighted by Crippen LogP contribution is -1.99. The Labute approximate surface area is 86.6 Å². The summed E-state index contributed by atoms with van der Waals surface area (Å²) >= 11 is 5.13. The van der Waals surface area contributed by atoms with Crippen LogP contribution < -0.4 is 0 Å². The molecule has 0 spiro atoms. The molecule has 0 aliphatic heterocycles. The molecule has 1 N–H and O–H groups in total. The summed E-state index contributed by atoms with van der Waals surface area (Å²) < 4.78 is 7.64. The fourth-order valence-electron chi connectivity index (χ4n) is 1.36. The van der Waals surface area contributed by atoms with Gasteiger partial charge in [0.05, 0.1) is 11.8 Å². The van der Waals surface area contributed by atoms with E-state index in [2.05, 4.69) is 17.1 Å². The van der Waals surface area contributed by atoms with Gasteiger partial charge in [0.1, 0.15) is 6.26 Å². The maximum atomic E-state index is 5.13. The van der Waals surface area contributed by atoms with Gasteiger partial charge in [-0.25, -0.2) is 0 Å². The molecule has 0 radical (unpaired) electrons. The summed E-state index contributed by atoms with van der Waals surface area (Å²) in [7, 11) is 0. The number of rotatable bonds is 3. The van der Waals surface area contributed by atoms with E-state index in [9.17, 15) is 0 Å². The van der Waals surface area contributed by atoms with Gasteiger partial charge in [-0.05, 0) is 24.7 Å². The van der Waals surface area contributed by atoms with Crippen molar-refractivity contribution in [2.24, 2.45) is 0 Å². The number of hydrogen-bond donors (Lipinski definition) is 1. The maximum absolute atomic E-state index is 5.13. The highest BCUT2D eigenvalue weighted by Gasteiger charge is 2.08. The molecule has 2 heterocycles. The van der Waals surface area contributed by atoms with Crippen molar-refractivity contribution in [1.29, 1.82) is 0 Å². The predicted octanol–water partition coefficient (Wildman–Crippen LogP) is 2.61. The highest BCUT2D eigenvalue weighted by atomic mass is 32.1. The van der Waals surface area contributed by atoms with E-state index in [4.69, 9.17) is 16.6 Å². The minimum Gasteiger partial charge on any atom is -0.472 e. The van der Waals surface area contributed by atoms with Gasteiger partial charge in [-0.15, -0.1) is 0 Å². The van der Waals surface area contributed by atoms with Crippen molar-refractivity contribution in [1.82, 2.24) is 14.8 Å². The lowest BCUT2D eigenvalue weighted by molar-refractivity contribution is 0.567. The topological polar surface area (TPSA) is 46.8 Å². The highest BCUT2D eigenvalue weighted by molar-refractivity contribution is 7.71. The Bertz CT molecular complexity index is 455. The number of hydrogen-bond acceptors (Lipinski definition) is 3. The third-order valence-corrected chi connectivity index (χ3v) is 2.30. The van der Waals surface area contributed by atoms with Gasteiger partial charge in [0.15, 0.2) is 10.6 Å². The van der Waals surface area contributed by atoms with E-state index in [0.717, 1.165) is 24.4 Å². The van der Waals surface area contributed by atoms with Crippen LogP contribution in [-0.2, 0) is 6.54 Å². The molecule has 0 aliphatic rings. The first-order valence-electron chi connectivity index (χ1n) is 4.50. The highest BCUT2D eigenvalue weighted by Crippen LogP contribution is 2.17. The van der Waals surface area contributed by atoms with Crippen LogP contribution in [0.4, 0.5) is 0 Å². The lowest BCUT2D eigenvalue weighted by Gasteiger charge is -2.01. The van der Waals surface area contributed by atoms with Crippen LogP contribution in [0.3, 0.4) is 0 Å². The monoisotopic (exact) mass is 209 g/mol. The van der Waals surface area contributed by atoms with Crippen molar-refractivity contribution in [3.63, 3.8) is 0 Å². The zero-order valence-corrected chi connectivity index (χ0v) is 8.67. The van der Waals surface area contributed by atoms with Crippen molar-refractivity contribution >= 4 is 12.2 Å². The van der Waals surface area contributed by atoms with E-state index < -0.39 is 0 Å². The van der Waals surface area contributed by atoms with Crippen LogP contribution in [0, 0.1) is 4.77 Å². The fraction of sp³-hybridized carbons (Fsp3) is 0.333. The standard InChI is InChI=1S/C9H11N3OS/c1-2-4-12-8(10-11-9(12)14)7-3-5-13-6-7/h3,5-6H,2,4H2,1H3,(H,11,14). The Morgan fingerprint density at radius 2 is 2.50 bits per heavy atom. The quantitative estimate of drug-likeness (QED) is 0.790. The summed E-state index contributed by atoms with van der Waals surface area (Å²) in [6.45, 7) is 2.98. The summed E-state index contributed by atoms with van der Waals surface area (Å²) in [4.78, 5) is 0. The molecule has 0 aromatic carbocycles. The Hall–Kier alpha value is -1.36. The SMILES string of the molecule is CCCn1c(-c2ccoc2)n[nH]c1=S. The van der Waals surface area contributed by atoms with Crippen molar-refractivity contribution in [3.05, 3.63) is 23.4 Å². The largest absolute Gasteiger partial charge is 0.472 e. The summed E-state index contributed by atoms with van der Waals surface area (Å²) in [6.07, 6.45) is 4.32. The van der Waals surface area contributed by atoms with Gasteiger partial charge < -0.3 is 8.98 Å². The number of H-pyrrole nitrogens is 1. The fourth-order valence-corrected chi connectivity index (χ4v) is 1.58. The molecule has 74 valence electrons. The zero-order valence-electron chi connectivity index (χ0n) is 7.86. The Morgan fingerprint density at radius 1 is 1.64 bits per heavy atom. The molecule has 4 nitrogen and oxygen atoms in total. The molecule has 0 unspecified atom stereocenters. The summed E-state index contributed by atoms with van der Waals surface area (Å²) in [5.41, 5.74) is 0.950. The van der Waals surface area contributed by atoms with Crippen LogP contribution in [0.1, 0.15) is 13.3 Å². The molecule has 0 bridgehead atoms. The molecule has 2 aromatic heterocycles. The van der Waals surface area contributed by atoms with E-state index in [1.54, 1.807) is 12.5 Å². The molecule has 2 aromatic rings. The van der Waals surface area contributed by atoms with Gasteiger partial charge in [0, 0.05) is 6.54 Å². The van der Waals surface area contributed by atoms with E-state index >= 15 is 0 Å². The summed E-state index contributed by atoms with van der Waals surface area (Å²) in [5.74, 6) is 0.839. The molecule has 14 heavy (non-hydrogen) atoms.